The minimum Gasteiger partial charge on any atom is -0.361 e. The van der Waals surface area contributed by atoms with Gasteiger partial charge in [0, 0.05) is 68.8 Å². The number of H-pyrrole nitrogens is 1. The number of benzene rings is 1. The smallest absolute Gasteiger partial charge is 0.225 e. The van der Waals surface area contributed by atoms with Gasteiger partial charge in [-0.2, -0.15) is 0 Å². The number of hydrogen-bond donors (Lipinski definition) is 2. The van der Waals surface area contributed by atoms with Crippen molar-refractivity contribution in [3.05, 3.63) is 54.0 Å². The van der Waals surface area contributed by atoms with Crippen LogP contribution in [0.5, 0.6) is 0 Å². The van der Waals surface area contributed by atoms with Gasteiger partial charge in [0.2, 0.25) is 5.95 Å². The fourth-order valence-corrected chi connectivity index (χ4v) is 3.93. The highest BCUT2D eigenvalue weighted by Crippen LogP contribution is 2.22. The third-order valence-corrected chi connectivity index (χ3v) is 5.39. The van der Waals surface area contributed by atoms with Crippen molar-refractivity contribution in [3.63, 3.8) is 0 Å². The second-order valence-electron chi connectivity index (χ2n) is 7.32. The van der Waals surface area contributed by atoms with Gasteiger partial charge in [-0.15, -0.1) is 0 Å². The molecule has 1 saturated heterocycles. The van der Waals surface area contributed by atoms with Gasteiger partial charge in [0.05, 0.1) is 0 Å². The Hall–Kier alpha value is -3.09. The molecule has 0 saturated carbocycles. The number of rotatable bonds is 5. The summed E-state index contributed by atoms with van der Waals surface area (Å²) in [4.78, 5) is 21.6. The SMILES string of the molecule is CCNC(=NCCc1c[nH]c2cccc(C)c12)N1CCN(c2ncccn2)CC1. The van der Waals surface area contributed by atoms with Gasteiger partial charge in [0.15, 0.2) is 5.96 Å². The van der Waals surface area contributed by atoms with Gasteiger partial charge in [-0.25, -0.2) is 9.97 Å². The van der Waals surface area contributed by atoms with Crippen molar-refractivity contribution in [2.45, 2.75) is 20.3 Å². The first-order chi connectivity index (χ1) is 14.3. The average molecular weight is 392 g/mol. The summed E-state index contributed by atoms with van der Waals surface area (Å²) in [5.74, 6) is 1.81. The second kappa shape index (κ2) is 8.94. The van der Waals surface area contributed by atoms with E-state index in [1.807, 2.05) is 6.07 Å². The van der Waals surface area contributed by atoms with E-state index in [2.05, 4.69) is 68.3 Å². The maximum Gasteiger partial charge on any atom is 0.225 e. The van der Waals surface area contributed by atoms with Crippen LogP contribution in [0.3, 0.4) is 0 Å². The maximum atomic E-state index is 4.91. The summed E-state index contributed by atoms with van der Waals surface area (Å²) in [6, 6.07) is 8.25. The normalized spacial score (nSPS) is 15.2. The van der Waals surface area contributed by atoms with E-state index in [0.717, 1.165) is 57.6 Å². The summed E-state index contributed by atoms with van der Waals surface area (Å²) in [5, 5.41) is 4.79. The molecule has 4 rings (SSSR count). The molecule has 2 N–H and O–H groups in total. The number of hydrogen-bond acceptors (Lipinski definition) is 4. The molecule has 1 fully saturated rings. The van der Waals surface area contributed by atoms with Gasteiger partial charge in [-0.3, -0.25) is 4.99 Å². The number of piperazine rings is 1. The van der Waals surface area contributed by atoms with Crippen molar-refractivity contribution in [1.29, 1.82) is 0 Å². The number of aliphatic imine (C=N–C) groups is 1. The number of nitrogens with one attached hydrogen (secondary N) is 2. The van der Waals surface area contributed by atoms with Crippen LogP contribution >= 0.6 is 0 Å². The van der Waals surface area contributed by atoms with Crippen LogP contribution in [-0.4, -0.2) is 65.1 Å². The Morgan fingerprint density at radius 3 is 2.69 bits per heavy atom. The molecule has 2 aromatic heterocycles. The van der Waals surface area contributed by atoms with Crippen molar-refractivity contribution in [1.82, 2.24) is 25.2 Å². The summed E-state index contributed by atoms with van der Waals surface area (Å²) >= 11 is 0. The van der Waals surface area contributed by atoms with Crippen molar-refractivity contribution < 1.29 is 0 Å². The summed E-state index contributed by atoms with van der Waals surface area (Å²) < 4.78 is 0. The van der Waals surface area contributed by atoms with E-state index in [1.165, 1.54) is 22.0 Å². The van der Waals surface area contributed by atoms with Gasteiger partial charge < -0.3 is 20.1 Å². The maximum absolute atomic E-state index is 4.91. The molecule has 7 heteroatoms. The van der Waals surface area contributed by atoms with E-state index in [9.17, 15) is 0 Å². The first-order valence-electron chi connectivity index (χ1n) is 10.4. The van der Waals surface area contributed by atoms with Gasteiger partial charge in [0.1, 0.15) is 0 Å². The lowest BCUT2D eigenvalue weighted by molar-refractivity contribution is 0.370. The predicted octanol–water partition coefficient (Wildman–Crippen LogP) is 2.60. The van der Waals surface area contributed by atoms with E-state index in [1.54, 1.807) is 12.4 Å². The lowest BCUT2D eigenvalue weighted by Crippen LogP contribution is -2.53. The molecule has 3 aromatic rings. The standard InChI is InChI=1S/C22H29N7/c1-3-23-21(28-12-14-29(15-13-28)22-24-9-5-10-25-22)26-11-8-18-16-27-19-7-4-6-17(2)20(18)19/h4-7,9-10,16,27H,3,8,11-15H2,1-2H3,(H,23,26). The molecule has 0 atom stereocenters. The average Bonchev–Trinajstić information content (AvgIpc) is 3.18. The monoisotopic (exact) mass is 391 g/mol. The number of nitrogens with zero attached hydrogens (tertiary/aromatic N) is 5. The lowest BCUT2D eigenvalue weighted by atomic mass is 10.1. The topological polar surface area (TPSA) is 72.4 Å². The van der Waals surface area contributed by atoms with Gasteiger partial charge in [0.25, 0.3) is 0 Å². The van der Waals surface area contributed by atoms with E-state index in [0.29, 0.717) is 0 Å². The molecule has 0 spiro atoms. The Morgan fingerprint density at radius 2 is 1.93 bits per heavy atom. The van der Waals surface area contributed by atoms with E-state index in [4.69, 9.17) is 4.99 Å². The van der Waals surface area contributed by atoms with Crippen LogP contribution in [0.1, 0.15) is 18.1 Å². The summed E-state index contributed by atoms with van der Waals surface area (Å²) in [6.45, 7) is 9.55. The third-order valence-electron chi connectivity index (χ3n) is 5.39. The number of aryl methyl sites for hydroxylation is 1. The highest BCUT2D eigenvalue weighted by molar-refractivity contribution is 5.86. The number of fused-ring (bicyclic) bond motifs is 1. The van der Waals surface area contributed by atoms with Crippen LogP contribution in [0.25, 0.3) is 10.9 Å². The highest BCUT2D eigenvalue weighted by Gasteiger charge is 2.21. The van der Waals surface area contributed by atoms with Gasteiger partial charge in [-0.05, 0) is 43.5 Å². The lowest BCUT2D eigenvalue weighted by Gasteiger charge is -2.36. The van der Waals surface area contributed by atoms with Crippen LogP contribution < -0.4 is 10.2 Å². The fourth-order valence-electron chi connectivity index (χ4n) is 3.93. The molecular formula is C22H29N7. The van der Waals surface area contributed by atoms with E-state index in [-0.39, 0.29) is 0 Å². The molecule has 0 aliphatic carbocycles. The number of aromatic amines is 1. The molecule has 29 heavy (non-hydrogen) atoms. The Labute approximate surface area is 171 Å². The number of anilines is 1. The van der Waals surface area contributed by atoms with Crippen LogP contribution in [0.2, 0.25) is 0 Å². The molecule has 0 amide bonds. The first kappa shape index (κ1) is 19.2. The quantitative estimate of drug-likeness (QED) is 0.517. The molecule has 152 valence electrons. The number of guanidine groups is 1. The minimum atomic E-state index is 0.769. The molecule has 3 heterocycles. The molecule has 0 radical (unpaired) electrons. The first-order valence-corrected chi connectivity index (χ1v) is 10.4. The highest BCUT2D eigenvalue weighted by atomic mass is 15.4. The number of aromatic nitrogens is 3. The third kappa shape index (κ3) is 4.34. The molecule has 1 aliphatic rings. The van der Waals surface area contributed by atoms with Crippen LogP contribution in [0.15, 0.2) is 47.8 Å². The zero-order chi connectivity index (χ0) is 20.1. The molecule has 7 nitrogen and oxygen atoms in total. The largest absolute Gasteiger partial charge is 0.361 e. The Balaban J connectivity index is 1.39. The Bertz CT molecular complexity index is 956. The molecular weight excluding hydrogens is 362 g/mol. The van der Waals surface area contributed by atoms with Gasteiger partial charge in [-0.1, -0.05) is 12.1 Å². The summed E-state index contributed by atoms with van der Waals surface area (Å²) in [6.07, 6.45) is 6.65. The van der Waals surface area contributed by atoms with Crippen molar-refractivity contribution in [3.8, 4) is 0 Å². The van der Waals surface area contributed by atoms with Crippen LogP contribution in [0, 0.1) is 6.92 Å². The van der Waals surface area contributed by atoms with Crippen LogP contribution in [-0.2, 0) is 6.42 Å². The van der Waals surface area contributed by atoms with Crippen molar-refractivity contribution in [2.24, 2.45) is 4.99 Å². The van der Waals surface area contributed by atoms with E-state index < -0.39 is 0 Å². The van der Waals surface area contributed by atoms with Crippen LogP contribution in [0.4, 0.5) is 5.95 Å². The predicted molar refractivity (Wildman–Crippen MR) is 119 cm³/mol. The Morgan fingerprint density at radius 1 is 1.14 bits per heavy atom. The van der Waals surface area contributed by atoms with E-state index >= 15 is 0 Å². The second-order valence-corrected chi connectivity index (χ2v) is 7.32. The van der Waals surface area contributed by atoms with Crippen molar-refractivity contribution in [2.75, 3.05) is 44.2 Å². The summed E-state index contributed by atoms with van der Waals surface area (Å²) in [5.41, 5.74) is 3.85. The zero-order valence-electron chi connectivity index (χ0n) is 17.2. The molecule has 1 aromatic carbocycles. The van der Waals surface area contributed by atoms with Crippen molar-refractivity contribution >= 4 is 22.8 Å². The molecule has 0 unspecified atom stereocenters. The Kier molecular flexibility index (Phi) is 5.93. The summed E-state index contributed by atoms with van der Waals surface area (Å²) in [7, 11) is 0. The fraction of sp³-hybridized carbons (Fsp3) is 0.409. The zero-order valence-corrected chi connectivity index (χ0v) is 17.2. The molecule has 1 aliphatic heterocycles. The van der Waals surface area contributed by atoms with Gasteiger partial charge >= 0.3 is 0 Å². The minimum absolute atomic E-state index is 0.769. The molecule has 0 bridgehead atoms.